The molecule has 1 aromatic heterocycles. The Kier molecular flexibility index (Phi) is 5.56. The van der Waals surface area contributed by atoms with Crippen LogP contribution in [0.4, 0.5) is 13.2 Å². The third-order valence-electron chi connectivity index (χ3n) is 3.64. The highest BCUT2D eigenvalue weighted by Crippen LogP contribution is 2.32. The number of amides is 1. The number of aromatic nitrogens is 1. The first-order chi connectivity index (χ1) is 11.3. The summed E-state index contributed by atoms with van der Waals surface area (Å²) in [5, 5.41) is 0. The van der Waals surface area contributed by atoms with Crippen LogP contribution in [-0.4, -0.2) is 36.6 Å². The number of hydrogen-bond acceptors (Lipinski definition) is 3. The van der Waals surface area contributed by atoms with Crippen LogP contribution in [0.25, 0.3) is 0 Å². The lowest BCUT2D eigenvalue weighted by molar-refractivity contribution is -0.137. The molecule has 1 heterocycles. The summed E-state index contributed by atoms with van der Waals surface area (Å²) in [6.07, 6.45) is -1.48. The van der Waals surface area contributed by atoms with Gasteiger partial charge in [-0.1, -0.05) is 12.1 Å². The number of hydrogen-bond donors (Lipinski definition) is 0. The summed E-state index contributed by atoms with van der Waals surface area (Å²) in [5.41, 5.74) is 0.00280. The van der Waals surface area contributed by atoms with Crippen molar-refractivity contribution in [3.8, 4) is 0 Å². The zero-order valence-electron chi connectivity index (χ0n) is 13.2. The van der Waals surface area contributed by atoms with E-state index in [1.54, 1.807) is 18.2 Å². The van der Waals surface area contributed by atoms with Gasteiger partial charge in [-0.15, -0.1) is 0 Å². The molecule has 0 fully saturated rings. The van der Waals surface area contributed by atoms with Crippen molar-refractivity contribution < 1.29 is 22.7 Å². The molecule has 0 bridgehead atoms. The number of benzene rings is 1. The number of nitrogens with zero attached hydrogens (tertiary/aromatic N) is 2. The van der Waals surface area contributed by atoms with Crippen LogP contribution in [0.1, 0.15) is 27.5 Å². The van der Waals surface area contributed by atoms with Crippen molar-refractivity contribution >= 4 is 5.91 Å². The average molecular weight is 338 g/mol. The van der Waals surface area contributed by atoms with Crippen molar-refractivity contribution in [3.05, 3.63) is 65.5 Å². The zero-order chi connectivity index (χ0) is 17.7. The highest BCUT2D eigenvalue weighted by Gasteiger charge is 2.32. The Morgan fingerprint density at radius 3 is 2.50 bits per heavy atom. The number of ether oxygens (including phenoxy) is 1. The molecule has 0 radical (unpaired) electrons. The number of carbonyl (C=O) groups excluding carboxylic acids is 1. The van der Waals surface area contributed by atoms with E-state index in [-0.39, 0.29) is 12.5 Å². The van der Waals surface area contributed by atoms with Crippen molar-refractivity contribution in [2.24, 2.45) is 0 Å². The summed E-state index contributed by atoms with van der Waals surface area (Å²) in [5.74, 6) is -0.322. The zero-order valence-corrected chi connectivity index (χ0v) is 13.2. The van der Waals surface area contributed by atoms with E-state index in [9.17, 15) is 18.0 Å². The first-order valence-electron chi connectivity index (χ1n) is 7.18. The molecule has 0 unspecified atom stereocenters. The number of halogens is 3. The molecule has 0 saturated carbocycles. The first kappa shape index (κ1) is 17.9. The van der Waals surface area contributed by atoms with Gasteiger partial charge in [-0.25, -0.2) is 0 Å². The molecule has 0 spiro atoms. The van der Waals surface area contributed by atoms with Crippen LogP contribution in [0.15, 0.2) is 48.8 Å². The van der Waals surface area contributed by atoms with Gasteiger partial charge in [-0.05, 0) is 29.8 Å². The van der Waals surface area contributed by atoms with Crippen LogP contribution in [0.2, 0.25) is 0 Å². The molecule has 0 aliphatic heterocycles. The van der Waals surface area contributed by atoms with Gasteiger partial charge in [0.15, 0.2) is 0 Å². The molecule has 2 rings (SSSR count). The second-order valence-electron chi connectivity index (χ2n) is 5.25. The predicted molar refractivity (Wildman–Crippen MR) is 82.4 cm³/mol. The fourth-order valence-electron chi connectivity index (χ4n) is 2.35. The van der Waals surface area contributed by atoms with Crippen LogP contribution in [0.3, 0.4) is 0 Å². The maximum Gasteiger partial charge on any atom is 0.416 e. The number of carbonyl (C=O) groups is 1. The molecule has 2 aromatic rings. The number of methoxy groups -OCH3 is 1. The summed E-state index contributed by atoms with van der Waals surface area (Å²) < 4.78 is 43.9. The monoisotopic (exact) mass is 338 g/mol. The van der Waals surface area contributed by atoms with E-state index in [4.69, 9.17) is 4.74 Å². The van der Waals surface area contributed by atoms with Crippen LogP contribution in [0, 0.1) is 0 Å². The maximum absolute atomic E-state index is 12.9. The number of alkyl halides is 3. The minimum Gasteiger partial charge on any atom is -0.382 e. The summed E-state index contributed by atoms with van der Waals surface area (Å²) in [4.78, 5) is 17.8. The summed E-state index contributed by atoms with van der Waals surface area (Å²) in [7, 11) is 2.97. The predicted octanol–water partition coefficient (Wildman–Crippen LogP) is 3.56. The van der Waals surface area contributed by atoms with Gasteiger partial charge in [0.25, 0.3) is 5.91 Å². The lowest BCUT2D eigenvalue weighted by Crippen LogP contribution is -2.34. The minimum absolute atomic E-state index is 0.0780. The van der Waals surface area contributed by atoms with Gasteiger partial charge in [0.2, 0.25) is 0 Å². The van der Waals surface area contributed by atoms with Gasteiger partial charge in [-0.3, -0.25) is 9.78 Å². The molecular weight excluding hydrogens is 321 g/mol. The Balaban J connectivity index is 2.34. The van der Waals surface area contributed by atoms with E-state index in [0.29, 0.717) is 11.1 Å². The standard InChI is InChI=1S/C17H17F3N2O2/c1-22(16(23)12-6-8-21-9-7-12)15(11-24-2)13-4-3-5-14(10-13)17(18,19)20/h3-10,15H,11H2,1-2H3/t15-/m1/s1. The first-order valence-corrected chi connectivity index (χ1v) is 7.18. The Labute approximate surface area is 137 Å². The Bertz CT molecular complexity index is 690. The average Bonchev–Trinajstić information content (AvgIpc) is 2.58. The summed E-state index contributed by atoms with van der Waals surface area (Å²) in [6, 6.07) is 7.38. The molecule has 0 saturated heterocycles. The molecular formula is C17H17F3N2O2. The molecule has 128 valence electrons. The quantitative estimate of drug-likeness (QED) is 0.837. The molecule has 7 heteroatoms. The van der Waals surface area contributed by atoms with Crippen LogP contribution < -0.4 is 0 Å². The van der Waals surface area contributed by atoms with Gasteiger partial charge in [-0.2, -0.15) is 13.2 Å². The van der Waals surface area contributed by atoms with E-state index >= 15 is 0 Å². The van der Waals surface area contributed by atoms with E-state index in [0.717, 1.165) is 12.1 Å². The molecule has 1 aromatic carbocycles. The lowest BCUT2D eigenvalue weighted by atomic mass is 10.0. The van der Waals surface area contributed by atoms with Gasteiger partial charge >= 0.3 is 6.18 Å². The molecule has 24 heavy (non-hydrogen) atoms. The number of pyridine rings is 1. The van der Waals surface area contributed by atoms with E-state index < -0.39 is 17.8 Å². The largest absolute Gasteiger partial charge is 0.416 e. The fourth-order valence-corrected chi connectivity index (χ4v) is 2.35. The Morgan fingerprint density at radius 1 is 1.25 bits per heavy atom. The van der Waals surface area contributed by atoms with Crippen molar-refractivity contribution in [1.29, 1.82) is 0 Å². The molecule has 1 amide bonds. The van der Waals surface area contributed by atoms with Crippen LogP contribution >= 0.6 is 0 Å². The lowest BCUT2D eigenvalue weighted by Gasteiger charge is -2.28. The van der Waals surface area contributed by atoms with Crippen LogP contribution in [-0.2, 0) is 10.9 Å². The van der Waals surface area contributed by atoms with Crippen molar-refractivity contribution in [3.63, 3.8) is 0 Å². The molecule has 0 aliphatic rings. The van der Waals surface area contributed by atoms with E-state index in [2.05, 4.69) is 4.98 Å². The number of likely N-dealkylation sites (N-methyl/N-ethyl adjacent to an activating group) is 1. The SMILES string of the molecule is COC[C@H](c1cccc(C(F)(F)F)c1)N(C)C(=O)c1ccncc1. The fraction of sp³-hybridized carbons (Fsp3) is 0.294. The van der Waals surface area contributed by atoms with E-state index in [1.807, 2.05) is 0 Å². The normalized spacial score (nSPS) is 12.7. The second kappa shape index (κ2) is 7.44. The van der Waals surface area contributed by atoms with E-state index in [1.165, 1.54) is 37.5 Å². The molecule has 0 N–H and O–H groups in total. The van der Waals surface area contributed by atoms with Gasteiger partial charge < -0.3 is 9.64 Å². The topological polar surface area (TPSA) is 42.4 Å². The van der Waals surface area contributed by atoms with Crippen molar-refractivity contribution in [2.45, 2.75) is 12.2 Å². The second-order valence-corrected chi connectivity index (χ2v) is 5.25. The smallest absolute Gasteiger partial charge is 0.382 e. The van der Waals surface area contributed by atoms with Crippen molar-refractivity contribution in [1.82, 2.24) is 9.88 Å². The Hall–Kier alpha value is -2.41. The highest BCUT2D eigenvalue weighted by molar-refractivity contribution is 5.94. The third kappa shape index (κ3) is 4.11. The van der Waals surface area contributed by atoms with Gasteiger partial charge in [0.1, 0.15) is 0 Å². The third-order valence-corrected chi connectivity index (χ3v) is 3.64. The maximum atomic E-state index is 12.9. The van der Waals surface area contributed by atoms with Gasteiger partial charge in [0.05, 0.1) is 18.2 Å². The highest BCUT2D eigenvalue weighted by atomic mass is 19.4. The van der Waals surface area contributed by atoms with Crippen molar-refractivity contribution in [2.75, 3.05) is 20.8 Å². The molecule has 0 aliphatic carbocycles. The summed E-state index contributed by atoms with van der Waals surface area (Å²) in [6.45, 7) is 0.0780. The Morgan fingerprint density at radius 2 is 1.92 bits per heavy atom. The molecule has 1 atom stereocenters. The summed E-state index contributed by atoms with van der Waals surface area (Å²) >= 11 is 0. The van der Waals surface area contributed by atoms with Gasteiger partial charge in [0, 0.05) is 32.1 Å². The number of rotatable bonds is 5. The molecule has 4 nitrogen and oxygen atoms in total. The van der Waals surface area contributed by atoms with Crippen LogP contribution in [0.5, 0.6) is 0 Å². The minimum atomic E-state index is -4.44.